The highest BCUT2D eigenvalue weighted by Crippen LogP contribution is 1.91. The van der Waals surface area contributed by atoms with Crippen LogP contribution in [0, 0.1) is 0 Å². The predicted molar refractivity (Wildman–Crippen MR) is 36.2 cm³/mol. The Bertz CT molecular complexity index is 121. The van der Waals surface area contributed by atoms with E-state index in [4.69, 9.17) is 4.74 Å². The van der Waals surface area contributed by atoms with Gasteiger partial charge in [-0.25, -0.2) is 5.01 Å². The first-order valence-corrected chi connectivity index (χ1v) is 3.39. The third-order valence-electron chi connectivity index (χ3n) is 1.33. The van der Waals surface area contributed by atoms with Crippen LogP contribution >= 0.6 is 0 Å². The maximum Gasteiger partial charge on any atom is 0.231 e. The Morgan fingerprint density at radius 1 is 1.50 bits per heavy atom. The van der Waals surface area contributed by atoms with Crippen molar-refractivity contribution in [2.24, 2.45) is 0 Å². The van der Waals surface area contributed by atoms with Gasteiger partial charge in [-0.15, -0.1) is 0 Å². The average Bonchev–Trinajstić information content (AvgIpc) is 1.88. The van der Waals surface area contributed by atoms with Gasteiger partial charge in [-0.2, -0.15) is 0 Å². The molecule has 1 amide bonds. The van der Waals surface area contributed by atoms with Gasteiger partial charge >= 0.3 is 0 Å². The largest absolute Gasteiger partial charge is 0.379 e. The molecule has 1 rings (SSSR count). The van der Waals surface area contributed by atoms with Crippen molar-refractivity contribution >= 4 is 5.91 Å². The maximum atomic E-state index is 10.5. The van der Waals surface area contributed by atoms with Gasteiger partial charge in [0.25, 0.3) is 0 Å². The standard InChI is InChI=1S/C6H12N2O2/c1-6(9)7-8-2-4-10-5-3-8/h2-5H2,1H3,(H,7,9). The van der Waals surface area contributed by atoms with Gasteiger partial charge in [0.15, 0.2) is 0 Å². The van der Waals surface area contributed by atoms with E-state index in [9.17, 15) is 4.79 Å². The summed E-state index contributed by atoms with van der Waals surface area (Å²) in [7, 11) is 0. The summed E-state index contributed by atoms with van der Waals surface area (Å²) in [4.78, 5) is 10.5. The van der Waals surface area contributed by atoms with Gasteiger partial charge < -0.3 is 4.74 Å². The Labute approximate surface area is 60.1 Å². The smallest absolute Gasteiger partial charge is 0.231 e. The van der Waals surface area contributed by atoms with Crippen LogP contribution in [-0.2, 0) is 9.53 Å². The molecule has 1 aliphatic heterocycles. The number of hydrogen-bond acceptors (Lipinski definition) is 3. The van der Waals surface area contributed by atoms with E-state index >= 15 is 0 Å². The molecule has 58 valence electrons. The molecule has 4 nitrogen and oxygen atoms in total. The lowest BCUT2D eigenvalue weighted by molar-refractivity contribution is -0.125. The monoisotopic (exact) mass is 144 g/mol. The summed E-state index contributed by atoms with van der Waals surface area (Å²) in [5.74, 6) is -0.0121. The Kier molecular flexibility index (Phi) is 2.65. The number of carbonyl (C=O) groups is 1. The molecule has 0 aromatic carbocycles. The second-order valence-corrected chi connectivity index (χ2v) is 2.27. The number of hydrogen-bond donors (Lipinski definition) is 1. The highest BCUT2D eigenvalue weighted by molar-refractivity contribution is 5.72. The summed E-state index contributed by atoms with van der Waals surface area (Å²) >= 11 is 0. The van der Waals surface area contributed by atoms with Crippen LogP contribution in [0.5, 0.6) is 0 Å². The van der Waals surface area contributed by atoms with Crippen molar-refractivity contribution in [1.82, 2.24) is 10.4 Å². The molecule has 1 aliphatic rings. The minimum Gasteiger partial charge on any atom is -0.379 e. The van der Waals surface area contributed by atoms with Crippen LogP contribution in [-0.4, -0.2) is 37.2 Å². The molecular weight excluding hydrogens is 132 g/mol. The third-order valence-corrected chi connectivity index (χ3v) is 1.33. The summed E-state index contributed by atoms with van der Waals surface area (Å²) in [6.07, 6.45) is 0. The predicted octanol–water partition coefficient (Wildman–Crippen LogP) is -0.630. The Hall–Kier alpha value is -0.610. The Morgan fingerprint density at radius 2 is 2.10 bits per heavy atom. The Balaban J connectivity index is 2.19. The highest BCUT2D eigenvalue weighted by Gasteiger charge is 2.09. The van der Waals surface area contributed by atoms with Crippen LogP contribution in [0.2, 0.25) is 0 Å². The van der Waals surface area contributed by atoms with Gasteiger partial charge in [-0.1, -0.05) is 0 Å². The molecule has 0 spiro atoms. The molecule has 0 aliphatic carbocycles. The first-order chi connectivity index (χ1) is 4.79. The van der Waals surface area contributed by atoms with Gasteiger partial charge in [0.05, 0.1) is 13.2 Å². The SMILES string of the molecule is CC(=O)NN1CCOCC1. The van der Waals surface area contributed by atoms with E-state index in [2.05, 4.69) is 5.43 Å². The number of rotatable bonds is 1. The molecule has 0 bridgehead atoms. The van der Waals surface area contributed by atoms with E-state index in [0.29, 0.717) is 13.2 Å². The van der Waals surface area contributed by atoms with Gasteiger partial charge in [-0.05, 0) is 0 Å². The average molecular weight is 144 g/mol. The van der Waals surface area contributed by atoms with Crippen molar-refractivity contribution in [3.8, 4) is 0 Å². The fraction of sp³-hybridized carbons (Fsp3) is 0.833. The molecule has 1 N–H and O–H groups in total. The van der Waals surface area contributed by atoms with Gasteiger partial charge in [-0.3, -0.25) is 10.2 Å². The van der Waals surface area contributed by atoms with E-state index in [1.807, 2.05) is 5.01 Å². The molecular formula is C6H12N2O2. The van der Waals surface area contributed by atoms with Crippen molar-refractivity contribution in [1.29, 1.82) is 0 Å². The van der Waals surface area contributed by atoms with Crippen molar-refractivity contribution in [2.75, 3.05) is 26.3 Å². The molecule has 0 saturated carbocycles. The van der Waals surface area contributed by atoms with Crippen molar-refractivity contribution in [3.63, 3.8) is 0 Å². The number of carbonyl (C=O) groups excluding carboxylic acids is 1. The van der Waals surface area contributed by atoms with Gasteiger partial charge in [0, 0.05) is 20.0 Å². The number of hydrazine groups is 1. The number of ether oxygens (including phenoxy) is 1. The molecule has 0 radical (unpaired) electrons. The van der Waals surface area contributed by atoms with Gasteiger partial charge in [0.2, 0.25) is 5.91 Å². The molecule has 4 heteroatoms. The zero-order valence-electron chi connectivity index (χ0n) is 6.09. The first-order valence-electron chi connectivity index (χ1n) is 3.39. The summed E-state index contributed by atoms with van der Waals surface area (Å²) in [5.41, 5.74) is 2.70. The number of nitrogens with zero attached hydrogens (tertiary/aromatic N) is 1. The van der Waals surface area contributed by atoms with E-state index in [1.165, 1.54) is 6.92 Å². The van der Waals surface area contributed by atoms with Crippen LogP contribution in [0.15, 0.2) is 0 Å². The summed E-state index contributed by atoms with van der Waals surface area (Å²) in [6.45, 7) is 4.51. The van der Waals surface area contributed by atoms with E-state index in [-0.39, 0.29) is 5.91 Å². The zero-order chi connectivity index (χ0) is 7.40. The van der Waals surface area contributed by atoms with E-state index in [1.54, 1.807) is 0 Å². The summed E-state index contributed by atoms with van der Waals surface area (Å²) in [6, 6.07) is 0. The molecule has 10 heavy (non-hydrogen) atoms. The van der Waals surface area contributed by atoms with Crippen molar-refractivity contribution in [2.45, 2.75) is 6.92 Å². The fourth-order valence-electron chi connectivity index (χ4n) is 0.898. The molecule has 0 unspecified atom stereocenters. The minimum atomic E-state index is -0.0121. The lowest BCUT2D eigenvalue weighted by atomic mass is 10.5. The Morgan fingerprint density at radius 3 is 2.60 bits per heavy atom. The second kappa shape index (κ2) is 3.53. The lowest BCUT2D eigenvalue weighted by Crippen LogP contribution is -2.47. The van der Waals surface area contributed by atoms with Crippen LogP contribution < -0.4 is 5.43 Å². The molecule has 1 heterocycles. The summed E-state index contributed by atoms with van der Waals surface area (Å²) in [5, 5.41) is 1.87. The third kappa shape index (κ3) is 2.33. The minimum absolute atomic E-state index is 0.0121. The van der Waals surface area contributed by atoms with Crippen LogP contribution in [0.4, 0.5) is 0 Å². The maximum absolute atomic E-state index is 10.5. The topological polar surface area (TPSA) is 41.6 Å². The van der Waals surface area contributed by atoms with Crippen LogP contribution in [0.1, 0.15) is 6.92 Å². The molecule has 0 atom stereocenters. The number of nitrogens with one attached hydrogen (secondary N) is 1. The van der Waals surface area contributed by atoms with E-state index < -0.39 is 0 Å². The van der Waals surface area contributed by atoms with Crippen molar-refractivity contribution < 1.29 is 9.53 Å². The lowest BCUT2D eigenvalue weighted by Gasteiger charge is -2.26. The first kappa shape index (κ1) is 7.50. The van der Waals surface area contributed by atoms with Crippen LogP contribution in [0.3, 0.4) is 0 Å². The molecule has 0 aromatic rings. The molecule has 0 aromatic heterocycles. The molecule has 1 fully saturated rings. The second-order valence-electron chi connectivity index (χ2n) is 2.27. The molecule has 1 saturated heterocycles. The van der Waals surface area contributed by atoms with Crippen molar-refractivity contribution in [3.05, 3.63) is 0 Å². The highest BCUT2D eigenvalue weighted by atomic mass is 16.5. The number of amides is 1. The van der Waals surface area contributed by atoms with Crippen LogP contribution in [0.25, 0.3) is 0 Å². The zero-order valence-corrected chi connectivity index (χ0v) is 6.09. The van der Waals surface area contributed by atoms with E-state index in [0.717, 1.165) is 13.1 Å². The van der Waals surface area contributed by atoms with Gasteiger partial charge in [0.1, 0.15) is 0 Å². The normalized spacial score (nSPS) is 20.5. The number of morpholine rings is 1. The quantitative estimate of drug-likeness (QED) is 0.532. The summed E-state index contributed by atoms with van der Waals surface area (Å²) < 4.78 is 5.09. The fourth-order valence-corrected chi connectivity index (χ4v) is 0.898.